The molecule has 0 saturated carbocycles. The second-order valence-electron chi connectivity index (χ2n) is 10.6. The van der Waals surface area contributed by atoms with Crippen molar-refractivity contribution < 1.29 is 19.1 Å². The van der Waals surface area contributed by atoms with Crippen LogP contribution in [0.2, 0.25) is 0 Å². The standard InChI is InChI=1S/C30H43N3O4/c1-9-20(3)25(32-29(36)37-30(6,7)8)28(35)33(10-2)26(24-17-16-21(4)22(5)18-24)27(34)31-19-23-14-12-11-13-15-23/h11-18,20,25-26H,9-10,19H2,1-8H3,(H,31,34)(H,32,36). The van der Waals surface area contributed by atoms with Crippen molar-refractivity contribution in [3.63, 3.8) is 0 Å². The maximum Gasteiger partial charge on any atom is 0.408 e. The Bertz CT molecular complexity index is 1060. The van der Waals surface area contributed by atoms with Crippen LogP contribution >= 0.6 is 0 Å². The average molecular weight is 510 g/mol. The Hall–Kier alpha value is -3.35. The number of rotatable bonds is 10. The number of carbonyl (C=O) groups is 3. The molecule has 0 heterocycles. The minimum Gasteiger partial charge on any atom is -0.444 e. The molecule has 2 N–H and O–H groups in total. The molecule has 3 amide bonds. The molecular weight excluding hydrogens is 466 g/mol. The molecule has 37 heavy (non-hydrogen) atoms. The summed E-state index contributed by atoms with van der Waals surface area (Å²) in [5.74, 6) is -0.759. The monoisotopic (exact) mass is 509 g/mol. The van der Waals surface area contributed by atoms with Crippen molar-refractivity contribution >= 4 is 17.9 Å². The van der Waals surface area contributed by atoms with E-state index in [2.05, 4.69) is 10.6 Å². The Morgan fingerprint density at radius 3 is 2.16 bits per heavy atom. The van der Waals surface area contributed by atoms with Gasteiger partial charge in [0.25, 0.3) is 0 Å². The number of ether oxygens (including phenoxy) is 1. The lowest BCUT2D eigenvalue weighted by molar-refractivity contribution is -0.143. The van der Waals surface area contributed by atoms with E-state index in [0.29, 0.717) is 13.0 Å². The highest BCUT2D eigenvalue weighted by Gasteiger charge is 2.37. The van der Waals surface area contributed by atoms with Crippen molar-refractivity contribution in [1.29, 1.82) is 0 Å². The van der Waals surface area contributed by atoms with Crippen LogP contribution in [0.1, 0.15) is 76.3 Å². The van der Waals surface area contributed by atoms with Crippen LogP contribution in [0.3, 0.4) is 0 Å². The maximum absolute atomic E-state index is 14.0. The van der Waals surface area contributed by atoms with Gasteiger partial charge in [-0.05, 0) is 69.7 Å². The van der Waals surface area contributed by atoms with E-state index in [4.69, 9.17) is 4.74 Å². The van der Waals surface area contributed by atoms with Gasteiger partial charge in [0.1, 0.15) is 17.7 Å². The normalized spacial score (nSPS) is 13.7. The fraction of sp³-hybridized carbons (Fsp3) is 0.500. The first-order chi connectivity index (χ1) is 17.4. The molecule has 3 atom stereocenters. The van der Waals surface area contributed by atoms with Gasteiger partial charge in [-0.2, -0.15) is 0 Å². The molecule has 2 aromatic rings. The van der Waals surface area contributed by atoms with Crippen molar-refractivity contribution in [1.82, 2.24) is 15.5 Å². The van der Waals surface area contributed by atoms with E-state index < -0.39 is 23.8 Å². The topological polar surface area (TPSA) is 87.7 Å². The van der Waals surface area contributed by atoms with Crippen molar-refractivity contribution in [2.24, 2.45) is 5.92 Å². The summed E-state index contributed by atoms with van der Waals surface area (Å²) in [6.07, 6.45) is 0.0107. The molecule has 0 spiro atoms. The second kappa shape index (κ2) is 13.3. The summed E-state index contributed by atoms with van der Waals surface area (Å²) in [6.45, 7) is 15.7. The van der Waals surface area contributed by atoms with Crippen molar-refractivity contribution in [3.05, 3.63) is 70.8 Å². The minimum atomic E-state index is -0.854. The Kier molecular flexibility index (Phi) is 10.7. The van der Waals surface area contributed by atoms with E-state index in [1.807, 2.05) is 83.1 Å². The second-order valence-corrected chi connectivity index (χ2v) is 10.6. The summed E-state index contributed by atoms with van der Waals surface area (Å²) in [5.41, 5.74) is 3.13. The first-order valence-corrected chi connectivity index (χ1v) is 13.1. The number of hydrogen-bond donors (Lipinski definition) is 2. The predicted molar refractivity (Wildman–Crippen MR) is 147 cm³/mol. The van der Waals surface area contributed by atoms with E-state index in [-0.39, 0.29) is 24.3 Å². The summed E-state index contributed by atoms with van der Waals surface area (Å²) in [5, 5.41) is 5.79. The van der Waals surface area contributed by atoms with E-state index >= 15 is 0 Å². The first-order valence-electron chi connectivity index (χ1n) is 13.1. The fourth-order valence-corrected chi connectivity index (χ4v) is 4.05. The van der Waals surface area contributed by atoms with Gasteiger partial charge in [-0.15, -0.1) is 0 Å². The quantitative estimate of drug-likeness (QED) is 0.446. The van der Waals surface area contributed by atoms with Crippen LogP contribution in [0.4, 0.5) is 4.79 Å². The van der Waals surface area contributed by atoms with Crippen LogP contribution < -0.4 is 10.6 Å². The van der Waals surface area contributed by atoms with Crippen LogP contribution in [-0.2, 0) is 20.9 Å². The Labute approximate surface area is 222 Å². The summed E-state index contributed by atoms with van der Waals surface area (Å²) < 4.78 is 5.44. The van der Waals surface area contributed by atoms with Crippen LogP contribution in [0.25, 0.3) is 0 Å². The molecule has 3 unspecified atom stereocenters. The highest BCUT2D eigenvalue weighted by atomic mass is 16.6. The van der Waals surface area contributed by atoms with E-state index in [1.54, 1.807) is 25.7 Å². The number of amides is 3. The molecule has 7 nitrogen and oxygen atoms in total. The molecule has 0 radical (unpaired) electrons. The Balaban J connectivity index is 2.43. The van der Waals surface area contributed by atoms with Crippen LogP contribution in [0.15, 0.2) is 48.5 Å². The molecule has 0 aliphatic heterocycles. The van der Waals surface area contributed by atoms with E-state index in [0.717, 1.165) is 22.3 Å². The number of carbonyl (C=O) groups excluding carboxylic acids is 3. The third-order valence-electron chi connectivity index (χ3n) is 6.49. The SMILES string of the molecule is CCC(C)C(NC(=O)OC(C)(C)C)C(=O)N(CC)C(C(=O)NCc1ccccc1)c1ccc(C)c(C)c1. The van der Waals surface area contributed by atoms with Crippen molar-refractivity contribution in [2.45, 2.75) is 86.0 Å². The summed E-state index contributed by atoms with van der Waals surface area (Å²) in [4.78, 5) is 41.9. The van der Waals surface area contributed by atoms with Gasteiger partial charge in [0, 0.05) is 13.1 Å². The Morgan fingerprint density at radius 1 is 0.973 bits per heavy atom. The van der Waals surface area contributed by atoms with Crippen molar-refractivity contribution in [2.75, 3.05) is 6.54 Å². The lowest BCUT2D eigenvalue weighted by Gasteiger charge is -2.35. The lowest BCUT2D eigenvalue weighted by Crippen LogP contribution is -2.55. The highest BCUT2D eigenvalue weighted by Crippen LogP contribution is 2.26. The Morgan fingerprint density at radius 2 is 1.62 bits per heavy atom. The molecule has 2 rings (SSSR count). The van der Waals surface area contributed by atoms with Gasteiger partial charge in [0.05, 0.1) is 0 Å². The highest BCUT2D eigenvalue weighted by molar-refractivity contribution is 5.92. The number of alkyl carbamates (subject to hydrolysis) is 1. The summed E-state index contributed by atoms with van der Waals surface area (Å²) >= 11 is 0. The summed E-state index contributed by atoms with van der Waals surface area (Å²) in [6, 6.07) is 13.8. The van der Waals surface area contributed by atoms with Gasteiger partial charge in [-0.3, -0.25) is 9.59 Å². The number of hydrogen-bond acceptors (Lipinski definition) is 4. The zero-order chi connectivity index (χ0) is 27.8. The first kappa shape index (κ1) is 29.9. The fourth-order valence-electron chi connectivity index (χ4n) is 4.05. The molecule has 0 aliphatic rings. The molecule has 0 saturated heterocycles. The molecule has 0 bridgehead atoms. The smallest absolute Gasteiger partial charge is 0.408 e. The minimum absolute atomic E-state index is 0.165. The number of nitrogens with zero attached hydrogens (tertiary/aromatic N) is 1. The third kappa shape index (κ3) is 8.62. The predicted octanol–water partition coefficient (Wildman–Crippen LogP) is 5.45. The zero-order valence-corrected chi connectivity index (χ0v) is 23.6. The van der Waals surface area contributed by atoms with E-state index in [9.17, 15) is 14.4 Å². The lowest BCUT2D eigenvalue weighted by atomic mass is 9.94. The van der Waals surface area contributed by atoms with Crippen LogP contribution in [-0.4, -0.2) is 41.0 Å². The molecule has 7 heteroatoms. The maximum atomic E-state index is 14.0. The van der Waals surface area contributed by atoms with Gasteiger partial charge >= 0.3 is 6.09 Å². The number of nitrogens with one attached hydrogen (secondary N) is 2. The largest absolute Gasteiger partial charge is 0.444 e. The zero-order valence-electron chi connectivity index (χ0n) is 23.6. The van der Waals surface area contributed by atoms with Crippen LogP contribution in [0.5, 0.6) is 0 Å². The number of benzene rings is 2. The van der Waals surface area contributed by atoms with Gasteiger partial charge in [-0.25, -0.2) is 4.79 Å². The molecule has 0 aliphatic carbocycles. The van der Waals surface area contributed by atoms with Gasteiger partial charge in [0.15, 0.2) is 0 Å². The van der Waals surface area contributed by atoms with E-state index in [1.165, 1.54) is 0 Å². The number of likely N-dealkylation sites (N-methyl/N-ethyl adjacent to an activating group) is 1. The third-order valence-corrected chi connectivity index (χ3v) is 6.49. The van der Waals surface area contributed by atoms with Crippen LogP contribution in [0, 0.1) is 19.8 Å². The number of aryl methyl sites for hydroxylation is 2. The molecular formula is C30H43N3O4. The van der Waals surface area contributed by atoms with Gasteiger partial charge < -0.3 is 20.3 Å². The van der Waals surface area contributed by atoms with Crippen molar-refractivity contribution in [3.8, 4) is 0 Å². The average Bonchev–Trinajstić information content (AvgIpc) is 2.84. The summed E-state index contributed by atoms with van der Waals surface area (Å²) in [7, 11) is 0. The van der Waals surface area contributed by atoms with Gasteiger partial charge in [0.2, 0.25) is 11.8 Å². The molecule has 0 aromatic heterocycles. The molecule has 202 valence electrons. The molecule has 0 fully saturated rings. The van der Waals surface area contributed by atoms with Gasteiger partial charge in [-0.1, -0.05) is 68.8 Å². The molecule has 2 aromatic carbocycles.